The van der Waals surface area contributed by atoms with Crippen molar-refractivity contribution in [3.05, 3.63) is 45.0 Å². The molecule has 2 aromatic rings. The fourth-order valence-electron chi connectivity index (χ4n) is 1.61. The zero-order chi connectivity index (χ0) is 13.7. The van der Waals surface area contributed by atoms with Gasteiger partial charge < -0.3 is 0 Å². The molecule has 2 heterocycles. The van der Waals surface area contributed by atoms with E-state index in [-0.39, 0.29) is 5.56 Å². The summed E-state index contributed by atoms with van der Waals surface area (Å²) in [4.78, 5) is 16.0. The van der Waals surface area contributed by atoms with Crippen molar-refractivity contribution in [2.45, 2.75) is 40.5 Å². The molecule has 4 heteroatoms. The molecule has 98 valence electrons. The van der Waals surface area contributed by atoms with E-state index in [1.165, 1.54) is 16.9 Å². The number of fused-ring (bicyclic) bond motifs is 1. The lowest BCUT2D eigenvalue weighted by atomic mass is 10.2. The number of halogens is 1. The SMILES string of the molecule is CCC.CCc1cc(Cl)cn2c(=O)cc(C)nc12. The molecule has 0 aliphatic rings. The summed E-state index contributed by atoms with van der Waals surface area (Å²) in [5.41, 5.74) is 2.34. The molecule has 0 atom stereocenters. The molecular formula is C14H19ClN2O. The van der Waals surface area contributed by atoms with E-state index in [2.05, 4.69) is 18.8 Å². The zero-order valence-corrected chi connectivity index (χ0v) is 12.1. The first-order chi connectivity index (χ1) is 8.53. The van der Waals surface area contributed by atoms with Gasteiger partial charge in [0.1, 0.15) is 5.65 Å². The van der Waals surface area contributed by atoms with Gasteiger partial charge in [-0.25, -0.2) is 4.98 Å². The highest BCUT2D eigenvalue weighted by atomic mass is 35.5. The van der Waals surface area contributed by atoms with Gasteiger partial charge in [-0.3, -0.25) is 9.20 Å². The molecule has 2 rings (SSSR count). The number of aryl methyl sites for hydroxylation is 2. The molecular weight excluding hydrogens is 248 g/mol. The molecule has 0 aliphatic carbocycles. The first kappa shape index (κ1) is 14.7. The van der Waals surface area contributed by atoms with Gasteiger partial charge in [0.05, 0.1) is 5.02 Å². The van der Waals surface area contributed by atoms with Crippen molar-refractivity contribution in [3.8, 4) is 0 Å². The molecule has 0 unspecified atom stereocenters. The molecule has 0 radical (unpaired) electrons. The predicted molar refractivity (Wildman–Crippen MR) is 76.6 cm³/mol. The van der Waals surface area contributed by atoms with Crippen molar-refractivity contribution in [2.24, 2.45) is 0 Å². The average Bonchev–Trinajstić information content (AvgIpc) is 2.30. The average molecular weight is 267 g/mol. The minimum absolute atomic E-state index is 0.0882. The van der Waals surface area contributed by atoms with Gasteiger partial charge in [0, 0.05) is 18.0 Å². The maximum absolute atomic E-state index is 11.7. The number of hydrogen-bond donors (Lipinski definition) is 0. The van der Waals surface area contributed by atoms with Crippen LogP contribution in [0.1, 0.15) is 38.4 Å². The van der Waals surface area contributed by atoms with Crippen molar-refractivity contribution in [1.29, 1.82) is 0 Å². The fraction of sp³-hybridized carbons (Fsp3) is 0.429. The molecule has 3 nitrogen and oxygen atoms in total. The van der Waals surface area contributed by atoms with Crippen LogP contribution in [-0.2, 0) is 6.42 Å². The number of pyridine rings is 1. The van der Waals surface area contributed by atoms with Gasteiger partial charge in [0.25, 0.3) is 5.56 Å². The van der Waals surface area contributed by atoms with Crippen molar-refractivity contribution in [2.75, 3.05) is 0 Å². The van der Waals surface area contributed by atoms with Gasteiger partial charge in [-0.2, -0.15) is 0 Å². The van der Waals surface area contributed by atoms with E-state index in [4.69, 9.17) is 11.6 Å². The molecule has 18 heavy (non-hydrogen) atoms. The van der Waals surface area contributed by atoms with Crippen molar-refractivity contribution in [1.82, 2.24) is 9.38 Å². The van der Waals surface area contributed by atoms with E-state index < -0.39 is 0 Å². The number of aromatic nitrogens is 2. The van der Waals surface area contributed by atoms with Gasteiger partial charge in [-0.05, 0) is 25.0 Å². The summed E-state index contributed by atoms with van der Waals surface area (Å²) in [6.45, 7) is 8.08. The Morgan fingerprint density at radius 1 is 1.28 bits per heavy atom. The van der Waals surface area contributed by atoms with Crippen molar-refractivity contribution < 1.29 is 0 Å². The summed E-state index contributed by atoms with van der Waals surface area (Å²) in [5, 5.41) is 0.562. The van der Waals surface area contributed by atoms with Crippen LogP contribution in [0.25, 0.3) is 5.65 Å². The lowest BCUT2D eigenvalue weighted by Crippen LogP contribution is -2.15. The minimum atomic E-state index is -0.0882. The van der Waals surface area contributed by atoms with Crippen LogP contribution in [-0.4, -0.2) is 9.38 Å². The van der Waals surface area contributed by atoms with Gasteiger partial charge in [0.2, 0.25) is 0 Å². The summed E-state index contributed by atoms with van der Waals surface area (Å²) in [6.07, 6.45) is 3.66. The Bertz CT molecular complexity index is 590. The Morgan fingerprint density at radius 2 is 1.89 bits per heavy atom. The molecule has 0 bridgehead atoms. The third-order valence-corrected chi connectivity index (χ3v) is 2.52. The fourth-order valence-corrected chi connectivity index (χ4v) is 1.84. The quantitative estimate of drug-likeness (QED) is 0.790. The van der Waals surface area contributed by atoms with Crippen molar-refractivity contribution in [3.63, 3.8) is 0 Å². The Hall–Kier alpha value is -1.35. The first-order valence-electron chi connectivity index (χ1n) is 6.21. The summed E-state index contributed by atoms with van der Waals surface area (Å²) >= 11 is 5.93. The minimum Gasteiger partial charge on any atom is -0.269 e. The highest BCUT2D eigenvalue weighted by molar-refractivity contribution is 6.30. The summed E-state index contributed by atoms with van der Waals surface area (Å²) in [7, 11) is 0. The Kier molecular flexibility index (Phi) is 5.35. The summed E-state index contributed by atoms with van der Waals surface area (Å²) in [5.74, 6) is 0. The molecule has 0 saturated heterocycles. The topological polar surface area (TPSA) is 34.4 Å². The van der Waals surface area contributed by atoms with Gasteiger partial charge in [-0.15, -0.1) is 0 Å². The number of rotatable bonds is 1. The summed E-state index contributed by atoms with van der Waals surface area (Å²) in [6, 6.07) is 3.35. The molecule has 0 saturated carbocycles. The van der Waals surface area contributed by atoms with E-state index in [0.29, 0.717) is 10.7 Å². The van der Waals surface area contributed by atoms with Crippen LogP contribution in [0.5, 0.6) is 0 Å². The Morgan fingerprint density at radius 3 is 2.44 bits per heavy atom. The maximum Gasteiger partial charge on any atom is 0.258 e. The molecule has 0 spiro atoms. The highest BCUT2D eigenvalue weighted by Gasteiger charge is 2.05. The molecule has 0 N–H and O–H groups in total. The lowest BCUT2D eigenvalue weighted by molar-refractivity contribution is 0.984. The lowest BCUT2D eigenvalue weighted by Gasteiger charge is -2.06. The van der Waals surface area contributed by atoms with Gasteiger partial charge in [0.15, 0.2) is 0 Å². The van der Waals surface area contributed by atoms with E-state index in [1.54, 1.807) is 6.20 Å². The smallest absolute Gasteiger partial charge is 0.258 e. The van der Waals surface area contributed by atoms with Gasteiger partial charge in [-0.1, -0.05) is 38.8 Å². The third kappa shape index (κ3) is 3.33. The molecule has 0 fully saturated rings. The molecule has 0 amide bonds. The van der Waals surface area contributed by atoms with Crippen LogP contribution in [0, 0.1) is 6.92 Å². The number of nitrogens with zero attached hydrogens (tertiary/aromatic N) is 2. The van der Waals surface area contributed by atoms with Crippen LogP contribution < -0.4 is 5.56 Å². The van der Waals surface area contributed by atoms with E-state index in [9.17, 15) is 4.79 Å². The zero-order valence-electron chi connectivity index (χ0n) is 11.3. The van der Waals surface area contributed by atoms with Gasteiger partial charge >= 0.3 is 0 Å². The largest absolute Gasteiger partial charge is 0.269 e. The van der Waals surface area contributed by atoms with Crippen LogP contribution >= 0.6 is 11.6 Å². The van der Waals surface area contributed by atoms with E-state index >= 15 is 0 Å². The third-order valence-electron chi connectivity index (χ3n) is 2.31. The second kappa shape index (κ2) is 6.55. The van der Waals surface area contributed by atoms with Crippen LogP contribution in [0.15, 0.2) is 23.1 Å². The van der Waals surface area contributed by atoms with Crippen molar-refractivity contribution >= 4 is 17.2 Å². The van der Waals surface area contributed by atoms with E-state index in [1.807, 2.05) is 19.9 Å². The van der Waals surface area contributed by atoms with Crippen LogP contribution in [0.3, 0.4) is 0 Å². The maximum atomic E-state index is 11.7. The summed E-state index contributed by atoms with van der Waals surface area (Å²) < 4.78 is 1.49. The Labute approximate surface area is 112 Å². The number of hydrogen-bond acceptors (Lipinski definition) is 2. The predicted octanol–water partition coefficient (Wildman–Crippen LogP) is 3.64. The molecule has 0 aliphatic heterocycles. The highest BCUT2D eigenvalue weighted by Crippen LogP contribution is 2.15. The van der Waals surface area contributed by atoms with Crippen LogP contribution in [0.2, 0.25) is 5.02 Å². The second-order valence-corrected chi connectivity index (χ2v) is 4.61. The first-order valence-corrected chi connectivity index (χ1v) is 6.59. The van der Waals surface area contributed by atoms with E-state index in [0.717, 1.165) is 17.7 Å². The monoisotopic (exact) mass is 266 g/mol. The second-order valence-electron chi connectivity index (χ2n) is 4.17. The standard InChI is InChI=1S/C11H11ClN2O.C3H8/c1-3-8-5-9(12)6-14-10(15)4-7(2)13-11(8)14;1-3-2/h4-6H,3H2,1-2H3;3H2,1-2H3. The van der Waals surface area contributed by atoms with Crippen LogP contribution in [0.4, 0.5) is 0 Å². The molecule has 2 aromatic heterocycles. The Balaban J connectivity index is 0.000000492. The normalized spacial score (nSPS) is 10.1. The molecule has 0 aromatic carbocycles.